The summed E-state index contributed by atoms with van der Waals surface area (Å²) in [6.45, 7) is 3.08. The molecular weight excluding hydrogens is 378 g/mol. The molecule has 156 valence electrons. The Morgan fingerprint density at radius 3 is 2.55 bits per heavy atom. The van der Waals surface area contributed by atoms with Crippen LogP contribution in [0.1, 0.15) is 49.1 Å². The third kappa shape index (κ3) is 4.15. The third-order valence-corrected chi connectivity index (χ3v) is 5.40. The quantitative estimate of drug-likeness (QED) is 0.427. The molecule has 1 spiro atoms. The minimum absolute atomic E-state index is 0.468. The van der Waals surface area contributed by atoms with E-state index in [1.54, 1.807) is 17.8 Å². The number of nitrogens with zero attached hydrogens (tertiary/aromatic N) is 3. The van der Waals surface area contributed by atoms with E-state index in [1.807, 2.05) is 13.8 Å². The van der Waals surface area contributed by atoms with Crippen LogP contribution in [0.3, 0.4) is 0 Å². The first-order valence-electron chi connectivity index (χ1n) is 9.55. The molecular formula is C19H25N5O5. The molecule has 10 heteroatoms. The Morgan fingerprint density at radius 2 is 1.93 bits per heavy atom. The van der Waals surface area contributed by atoms with E-state index in [0.29, 0.717) is 17.9 Å². The zero-order valence-electron chi connectivity index (χ0n) is 16.8. The first kappa shape index (κ1) is 20.6. The number of aryl methyl sites for hydroxylation is 2. The average molecular weight is 403 g/mol. The van der Waals surface area contributed by atoms with Crippen molar-refractivity contribution >= 4 is 29.9 Å². The Bertz CT molecular complexity index is 882. The van der Waals surface area contributed by atoms with E-state index in [4.69, 9.17) is 4.74 Å². The van der Waals surface area contributed by atoms with Gasteiger partial charge in [-0.25, -0.2) is 9.59 Å². The molecule has 10 nitrogen and oxygen atoms in total. The number of urea groups is 1. The molecule has 0 aromatic carbocycles. The van der Waals surface area contributed by atoms with Crippen molar-refractivity contribution < 1.29 is 23.9 Å². The molecule has 0 radical (unpaired) electrons. The highest BCUT2D eigenvalue weighted by Crippen LogP contribution is 2.32. The number of aromatic nitrogens is 2. The van der Waals surface area contributed by atoms with E-state index >= 15 is 0 Å². The number of esters is 1. The number of hydrogen-bond donors (Lipinski definition) is 2. The van der Waals surface area contributed by atoms with Gasteiger partial charge in [-0.1, -0.05) is 19.3 Å². The van der Waals surface area contributed by atoms with Gasteiger partial charge in [0.1, 0.15) is 5.54 Å². The summed E-state index contributed by atoms with van der Waals surface area (Å²) < 4.78 is 6.59. The number of ether oxygens (including phenoxy) is 1. The topological polar surface area (TPSA) is 123 Å². The maximum Gasteiger partial charge on any atom is 0.344 e. The van der Waals surface area contributed by atoms with Crippen molar-refractivity contribution in [3.8, 4) is 0 Å². The van der Waals surface area contributed by atoms with Gasteiger partial charge in [-0.15, -0.1) is 0 Å². The molecule has 1 aromatic heterocycles. The van der Waals surface area contributed by atoms with Crippen LogP contribution in [0.4, 0.5) is 4.79 Å². The molecule has 29 heavy (non-hydrogen) atoms. The summed E-state index contributed by atoms with van der Waals surface area (Å²) in [6, 6.07) is -0.668. The predicted octanol–water partition coefficient (Wildman–Crippen LogP) is 0.879. The molecule has 0 unspecified atom stereocenters. The van der Waals surface area contributed by atoms with Crippen molar-refractivity contribution in [1.29, 1.82) is 0 Å². The molecule has 2 N–H and O–H groups in total. The standard InChI is InChI=1S/C19H25N5O5/c1-12-14(13(2)23(3)21-12)7-8-16(26)29-11-15(25)22-24-17(27)19(20-18(24)28)9-5-4-6-10-19/h7-8H,4-6,9-11H2,1-3H3,(H,20,28)(H,22,25)/b8-7+. The molecule has 1 aliphatic heterocycles. The lowest BCUT2D eigenvalue weighted by Crippen LogP contribution is -2.51. The fraction of sp³-hybridized carbons (Fsp3) is 0.526. The Kier molecular flexibility index (Phi) is 5.71. The van der Waals surface area contributed by atoms with E-state index in [1.165, 1.54) is 6.08 Å². The highest BCUT2D eigenvalue weighted by atomic mass is 16.5. The molecule has 1 saturated carbocycles. The Balaban J connectivity index is 1.52. The Hall–Kier alpha value is -3.17. The van der Waals surface area contributed by atoms with Gasteiger partial charge < -0.3 is 10.1 Å². The van der Waals surface area contributed by atoms with Gasteiger partial charge in [0.25, 0.3) is 11.8 Å². The van der Waals surface area contributed by atoms with Crippen LogP contribution in [0.2, 0.25) is 0 Å². The molecule has 4 amide bonds. The number of hydrogen-bond acceptors (Lipinski definition) is 6. The Morgan fingerprint density at radius 1 is 1.24 bits per heavy atom. The number of rotatable bonds is 5. The van der Waals surface area contributed by atoms with Crippen molar-refractivity contribution in [2.75, 3.05) is 6.61 Å². The summed E-state index contributed by atoms with van der Waals surface area (Å²) in [5, 5.41) is 7.61. The van der Waals surface area contributed by atoms with Crippen LogP contribution < -0.4 is 10.7 Å². The van der Waals surface area contributed by atoms with Gasteiger partial charge in [-0.3, -0.25) is 19.7 Å². The largest absolute Gasteiger partial charge is 0.452 e. The number of imide groups is 1. The number of nitrogens with one attached hydrogen (secondary N) is 2. The van der Waals surface area contributed by atoms with Crippen molar-refractivity contribution in [2.24, 2.45) is 7.05 Å². The van der Waals surface area contributed by atoms with Crippen LogP contribution in [0.15, 0.2) is 6.08 Å². The van der Waals surface area contributed by atoms with Crippen molar-refractivity contribution in [3.05, 3.63) is 23.0 Å². The van der Waals surface area contributed by atoms with Crippen molar-refractivity contribution in [3.63, 3.8) is 0 Å². The zero-order chi connectivity index (χ0) is 21.2. The average Bonchev–Trinajstić information content (AvgIpc) is 3.05. The fourth-order valence-corrected chi connectivity index (χ4v) is 3.74. The van der Waals surface area contributed by atoms with Crippen molar-refractivity contribution in [1.82, 2.24) is 25.5 Å². The molecule has 2 fully saturated rings. The van der Waals surface area contributed by atoms with E-state index in [-0.39, 0.29) is 0 Å². The normalized spacial score (nSPS) is 18.4. The number of amides is 4. The minimum atomic E-state index is -0.929. The maximum absolute atomic E-state index is 12.6. The zero-order valence-corrected chi connectivity index (χ0v) is 16.8. The number of carbonyl (C=O) groups excluding carboxylic acids is 4. The highest BCUT2D eigenvalue weighted by Gasteiger charge is 2.52. The van der Waals surface area contributed by atoms with Gasteiger partial charge >= 0.3 is 12.0 Å². The molecule has 2 aliphatic rings. The van der Waals surface area contributed by atoms with Gasteiger partial charge in [0.05, 0.1) is 5.69 Å². The summed E-state index contributed by atoms with van der Waals surface area (Å²) in [6.07, 6.45) is 6.57. The maximum atomic E-state index is 12.6. The molecule has 0 atom stereocenters. The van der Waals surface area contributed by atoms with Crippen LogP contribution in [-0.2, 0) is 26.2 Å². The second kappa shape index (κ2) is 8.06. The summed E-state index contributed by atoms with van der Waals surface area (Å²) >= 11 is 0. The van der Waals surface area contributed by atoms with Crippen LogP contribution in [-0.4, -0.2) is 50.7 Å². The van der Waals surface area contributed by atoms with Crippen molar-refractivity contribution in [2.45, 2.75) is 51.5 Å². The van der Waals surface area contributed by atoms with Gasteiger partial charge in [-0.05, 0) is 32.8 Å². The number of carbonyl (C=O) groups is 4. The van der Waals surface area contributed by atoms with Crippen LogP contribution in [0.5, 0.6) is 0 Å². The summed E-state index contributed by atoms with van der Waals surface area (Å²) in [4.78, 5) is 48.6. The van der Waals surface area contributed by atoms with Gasteiger partial charge in [0, 0.05) is 24.4 Å². The second-order valence-corrected chi connectivity index (χ2v) is 7.40. The highest BCUT2D eigenvalue weighted by molar-refractivity contribution is 6.08. The Labute approximate surface area is 168 Å². The third-order valence-electron chi connectivity index (χ3n) is 5.40. The number of hydrazine groups is 1. The molecule has 1 aliphatic carbocycles. The molecule has 1 aromatic rings. The van der Waals surface area contributed by atoms with Gasteiger partial charge in [-0.2, -0.15) is 10.1 Å². The first-order chi connectivity index (χ1) is 13.7. The van der Waals surface area contributed by atoms with E-state index in [2.05, 4.69) is 15.8 Å². The van der Waals surface area contributed by atoms with Crippen LogP contribution >= 0.6 is 0 Å². The SMILES string of the molecule is Cc1nn(C)c(C)c1/C=C/C(=O)OCC(=O)NN1C(=O)NC2(CCCCC2)C1=O. The second-order valence-electron chi connectivity index (χ2n) is 7.40. The lowest BCUT2D eigenvalue weighted by molar-refractivity contribution is -0.147. The lowest BCUT2D eigenvalue weighted by atomic mass is 9.82. The van der Waals surface area contributed by atoms with E-state index < -0.39 is 36.0 Å². The smallest absolute Gasteiger partial charge is 0.344 e. The van der Waals surface area contributed by atoms with E-state index in [9.17, 15) is 19.2 Å². The summed E-state index contributed by atoms with van der Waals surface area (Å²) in [7, 11) is 1.80. The van der Waals surface area contributed by atoms with Crippen LogP contribution in [0, 0.1) is 13.8 Å². The predicted molar refractivity (Wildman–Crippen MR) is 102 cm³/mol. The van der Waals surface area contributed by atoms with Crippen LogP contribution in [0.25, 0.3) is 6.08 Å². The summed E-state index contributed by atoms with van der Waals surface area (Å²) in [5.74, 6) is -1.95. The molecule has 3 rings (SSSR count). The minimum Gasteiger partial charge on any atom is -0.452 e. The lowest BCUT2D eigenvalue weighted by Gasteiger charge is -2.30. The van der Waals surface area contributed by atoms with E-state index in [0.717, 1.165) is 36.2 Å². The first-order valence-corrected chi connectivity index (χ1v) is 9.55. The summed E-state index contributed by atoms with van der Waals surface area (Å²) in [5.41, 5.74) is 3.74. The monoisotopic (exact) mass is 403 g/mol. The van der Waals surface area contributed by atoms with Gasteiger partial charge in [0.15, 0.2) is 6.61 Å². The molecule has 2 heterocycles. The van der Waals surface area contributed by atoms with Gasteiger partial charge in [0.2, 0.25) is 0 Å². The molecule has 0 bridgehead atoms. The fourth-order valence-electron chi connectivity index (χ4n) is 3.74. The molecule has 1 saturated heterocycles.